The van der Waals surface area contributed by atoms with Gasteiger partial charge < -0.3 is 19.4 Å². The van der Waals surface area contributed by atoms with Gasteiger partial charge in [0.05, 0.1) is 19.0 Å². The van der Waals surface area contributed by atoms with Gasteiger partial charge in [-0.2, -0.15) is 0 Å². The lowest BCUT2D eigenvalue weighted by atomic mass is 10.2. The molecule has 0 unspecified atom stereocenters. The second-order valence-electron chi connectivity index (χ2n) is 5.90. The van der Waals surface area contributed by atoms with Crippen LogP contribution in [0.2, 0.25) is 0 Å². The van der Waals surface area contributed by atoms with Gasteiger partial charge in [0.15, 0.2) is 22.5 Å². The average molecular weight is 376 g/mol. The van der Waals surface area contributed by atoms with E-state index in [1.807, 2.05) is 36.6 Å². The summed E-state index contributed by atoms with van der Waals surface area (Å²) in [5, 5.41) is 12.2. The quantitative estimate of drug-likeness (QED) is 0.749. The Kier molecular flexibility index (Phi) is 6.38. The molecule has 2 aromatic rings. The van der Waals surface area contributed by atoms with E-state index < -0.39 is 0 Å². The molecule has 1 amide bonds. The highest BCUT2D eigenvalue weighted by molar-refractivity contribution is 7.99. The van der Waals surface area contributed by atoms with Crippen molar-refractivity contribution in [2.75, 3.05) is 25.5 Å². The van der Waals surface area contributed by atoms with Crippen LogP contribution in [0.15, 0.2) is 23.4 Å². The zero-order chi connectivity index (χ0) is 18.4. The van der Waals surface area contributed by atoms with Gasteiger partial charge in [0.1, 0.15) is 0 Å². The molecule has 1 aromatic heterocycles. The van der Waals surface area contributed by atoms with E-state index in [1.54, 1.807) is 0 Å². The summed E-state index contributed by atoms with van der Waals surface area (Å²) in [4.78, 5) is 11.8. The maximum absolute atomic E-state index is 11.8. The Balaban J connectivity index is 1.77. The number of fused-ring (bicyclic) bond motifs is 1. The number of aromatic nitrogens is 3. The molecule has 0 saturated heterocycles. The molecule has 0 fully saturated rings. The SMILES string of the molecule is CCCNC(=O)CSc1nnc(-c2ccc3c(c2)OCCCO3)n1CC. The van der Waals surface area contributed by atoms with Gasteiger partial charge in [0.2, 0.25) is 5.91 Å². The van der Waals surface area contributed by atoms with Crippen LogP contribution in [-0.2, 0) is 11.3 Å². The number of benzene rings is 1. The van der Waals surface area contributed by atoms with Crippen molar-refractivity contribution < 1.29 is 14.3 Å². The number of hydrogen-bond acceptors (Lipinski definition) is 6. The Morgan fingerprint density at radius 3 is 2.81 bits per heavy atom. The molecule has 0 aliphatic carbocycles. The standard InChI is InChI=1S/C18H24N4O3S/c1-3-8-19-16(23)12-26-18-21-20-17(22(18)4-2)13-6-7-14-15(11-13)25-10-5-9-24-14/h6-7,11H,3-5,8-10,12H2,1-2H3,(H,19,23). The Morgan fingerprint density at radius 1 is 1.23 bits per heavy atom. The summed E-state index contributed by atoms with van der Waals surface area (Å²) in [5.41, 5.74) is 0.922. The molecule has 0 saturated carbocycles. The molecule has 8 heteroatoms. The normalized spacial score (nSPS) is 13.3. The summed E-state index contributed by atoms with van der Waals surface area (Å²) in [5.74, 6) is 2.60. The molecule has 1 aromatic carbocycles. The van der Waals surface area contributed by atoms with Crippen LogP contribution in [0.3, 0.4) is 0 Å². The molecule has 26 heavy (non-hydrogen) atoms. The van der Waals surface area contributed by atoms with E-state index in [9.17, 15) is 4.79 Å². The summed E-state index contributed by atoms with van der Waals surface area (Å²) >= 11 is 1.40. The smallest absolute Gasteiger partial charge is 0.230 e. The molecule has 7 nitrogen and oxygen atoms in total. The molecule has 1 N–H and O–H groups in total. The molecule has 1 aliphatic heterocycles. The van der Waals surface area contributed by atoms with Gasteiger partial charge in [-0.15, -0.1) is 10.2 Å². The molecule has 0 spiro atoms. The van der Waals surface area contributed by atoms with E-state index in [1.165, 1.54) is 11.8 Å². The fourth-order valence-electron chi connectivity index (χ4n) is 2.64. The molecule has 3 rings (SSSR count). The van der Waals surface area contributed by atoms with Crippen LogP contribution >= 0.6 is 11.8 Å². The van der Waals surface area contributed by atoms with Gasteiger partial charge in [-0.3, -0.25) is 4.79 Å². The number of amides is 1. The second-order valence-corrected chi connectivity index (χ2v) is 6.84. The summed E-state index contributed by atoms with van der Waals surface area (Å²) in [6.45, 7) is 6.79. The summed E-state index contributed by atoms with van der Waals surface area (Å²) in [6.07, 6.45) is 1.80. The van der Waals surface area contributed by atoms with Gasteiger partial charge >= 0.3 is 0 Å². The van der Waals surface area contributed by atoms with Gasteiger partial charge in [-0.1, -0.05) is 18.7 Å². The van der Waals surface area contributed by atoms with E-state index in [0.29, 0.717) is 25.5 Å². The molecule has 0 bridgehead atoms. The van der Waals surface area contributed by atoms with Crippen molar-refractivity contribution >= 4 is 17.7 Å². The van der Waals surface area contributed by atoms with Crippen LogP contribution in [0.4, 0.5) is 0 Å². The first-order chi connectivity index (χ1) is 12.7. The van der Waals surface area contributed by atoms with Gasteiger partial charge in [0.25, 0.3) is 0 Å². The maximum atomic E-state index is 11.8. The van der Waals surface area contributed by atoms with E-state index in [4.69, 9.17) is 9.47 Å². The van der Waals surface area contributed by atoms with Crippen molar-refractivity contribution in [1.82, 2.24) is 20.1 Å². The third kappa shape index (κ3) is 4.30. The van der Waals surface area contributed by atoms with Crippen LogP contribution in [0, 0.1) is 0 Å². The van der Waals surface area contributed by atoms with Crippen LogP contribution in [0.1, 0.15) is 26.7 Å². The lowest BCUT2D eigenvalue weighted by Gasteiger charge is -2.10. The topological polar surface area (TPSA) is 78.3 Å². The van der Waals surface area contributed by atoms with E-state index in [0.717, 1.165) is 47.4 Å². The maximum Gasteiger partial charge on any atom is 0.230 e. The van der Waals surface area contributed by atoms with Gasteiger partial charge in [-0.25, -0.2) is 0 Å². The lowest BCUT2D eigenvalue weighted by molar-refractivity contribution is -0.118. The molecular weight excluding hydrogens is 352 g/mol. The van der Waals surface area contributed by atoms with E-state index in [-0.39, 0.29) is 5.91 Å². The van der Waals surface area contributed by atoms with Gasteiger partial charge in [0, 0.05) is 25.1 Å². The number of nitrogens with zero attached hydrogens (tertiary/aromatic N) is 3. The number of rotatable bonds is 7. The number of hydrogen-bond donors (Lipinski definition) is 1. The van der Waals surface area contributed by atoms with Crippen molar-refractivity contribution in [2.45, 2.75) is 38.4 Å². The predicted octanol–water partition coefficient (Wildman–Crippen LogP) is 2.74. The molecule has 140 valence electrons. The molecule has 0 atom stereocenters. The zero-order valence-corrected chi connectivity index (χ0v) is 16.0. The number of nitrogens with one attached hydrogen (secondary N) is 1. The summed E-state index contributed by atoms with van der Waals surface area (Å²) < 4.78 is 13.5. The molecule has 0 radical (unpaired) electrons. The van der Waals surface area contributed by atoms with Crippen molar-refractivity contribution in [1.29, 1.82) is 0 Å². The fraction of sp³-hybridized carbons (Fsp3) is 0.500. The zero-order valence-electron chi connectivity index (χ0n) is 15.2. The first-order valence-electron chi connectivity index (χ1n) is 8.95. The van der Waals surface area contributed by atoms with Crippen LogP contribution in [-0.4, -0.2) is 46.2 Å². The predicted molar refractivity (Wildman–Crippen MR) is 101 cm³/mol. The minimum Gasteiger partial charge on any atom is -0.490 e. The third-order valence-corrected chi connectivity index (χ3v) is 4.91. The number of carbonyl (C=O) groups is 1. The minimum absolute atomic E-state index is 0.0135. The van der Waals surface area contributed by atoms with Crippen molar-refractivity contribution in [3.8, 4) is 22.9 Å². The monoisotopic (exact) mass is 376 g/mol. The third-order valence-electron chi connectivity index (χ3n) is 3.94. The van der Waals surface area contributed by atoms with Gasteiger partial charge in [-0.05, 0) is 31.5 Å². The fourth-order valence-corrected chi connectivity index (χ4v) is 3.47. The number of ether oxygens (including phenoxy) is 2. The molecule has 2 heterocycles. The number of carbonyl (C=O) groups excluding carboxylic acids is 1. The highest BCUT2D eigenvalue weighted by Crippen LogP contribution is 2.34. The van der Waals surface area contributed by atoms with Crippen LogP contribution < -0.4 is 14.8 Å². The van der Waals surface area contributed by atoms with Crippen LogP contribution in [0.5, 0.6) is 11.5 Å². The van der Waals surface area contributed by atoms with Crippen molar-refractivity contribution in [3.63, 3.8) is 0 Å². The lowest BCUT2D eigenvalue weighted by Crippen LogP contribution is -2.25. The first-order valence-corrected chi connectivity index (χ1v) is 9.94. The summed E-state index contributed by atoms with van der Waals surface area (Å²) in [7, 11) is 0. The minimum atomic E-state index is 0.0135. The van der Waals surface area contributed by atoms with Crippen LogP contribution in [0.25, 0.3) is 11.4 Å². The molecule has 1 aliphatic rings. The highest BCUT2D eigenvalue weighted by Gasteiger charge is 2.17. The van der Waals surface area contributed by atoms with E-state index >= 15 is 0 Å². The number of thioether (sulfide) groups is 1. The van der Waals surface area contributed by atoms with Crippen molar-refractivity contribution in [3.05, 3.63) is 18.2 Å². The average Bonchev–Trinajstić information content (AvgIpc) is 2.93. The Labute approximate surface area is 157 Å². The second kappa shape index (κ2) is 8.93. The Bertz CT molecular complexity index is 763. The largest absolute Gasteiger partial charge is 0.490 e. The highest BCUT2D eigenvalue weighted by atomic mass is 32.2. The van der Waals surface area contributed by atoms with E-state index in [2.05, 4.69) is 15.5 Å². The Hall–Kier alpha value is -2.22. The first kappa shape index (κ1) is 18.6. The molecular formula is C18H24N4O3S. The Morgan fingerprint density at radius 2 is 2.04 bits per heavy atom. The summed E-state index contributed by atoms with van der Waals surface area (Å²) in [6, 6.07) is 5.82. The van der Waals surface area contributed by atoms with Crippen molar-refractivity contribution in [2.24, 2.45) is 0 Å².